The van der Waals surface area contributed by atoms with Crippen LogP contribution in [0, 0.1) is 6.92 Å². The van der Waals surface area contributed by atoms with Crippen molar-refractivity contribution in [3.8, 4) is 0 Å². The van der Waals surface area contributed by atoms with Gasteiger partial charge in [0, 0.05) is 15.7 Å². The maximum absolute atomic E-state index is 12.3. The Balaban J connectivity index is 2.26. The fourth-order valence-electron chi connectivity index (χ4n) is 1.78. The van der Waals surface area contributed by atoms with Gasteiger partial charge in [0.1, 0.15) is 5.15 Å². The van der Waals surface area contributed by atoms with Crippen molar-refractivity contribution in [3.63, 3.8) is 0 Å². The molecule has 1 aromatic carbocycles. The molecule has 5 heteroatoms. The van der Waals surface area contributed by atoms with Gasteiger partial charge in [0.05, 0.1) is 5.69 Å². The summed E-state index contributed by atoms with van der Waals surface area (Å²) in [7, 11) is 0. The van der Waals surface area contributed by atoms with Crippen LogP contribution in [-0.4, -0.2) is 10.9 Å². The van der Waals surface area contributed by atoms with Crippen molar-refractivity contribution >= 4 is 39.1 Å². The Hall–Kier alpha value is -1.39. The first-order valence-corrected chi connectivity index (χ1v) is 7.40. The molecule has 1 amide bonds. The quantitative estimate of drug-likeness (QED) is 0.818. The third-order valence-corrected chi connectivity index (χ3v) is 3.69. The molecular formula is C15H14BrClN2O. The second-order valence-corrected chi connectivity index (χ2v) is 5.70. The molecule has 1 aromatic heterocycles. The molecule has 0 unspecified atom stereocenters. The Labute approximate surface area is 131 Å². The van der Waals surface area contributed by atoms with E-state index in [1.54, 1.807) is 12.1 Å². The van der Waals surface area contributed by atoms with E-state index in [9.17, 15) is 4.79 Å². The summed E-state index contributed by atoms with van der Waals surface area (Å²) in [6.45, 7) is 3.96. The van der Waals surface area contributed by atoms with E-state index in [1.165, 1.54) is 0 Å². The Morgan fingerprint density at radius 3 is 2.75 bits per heavy atom. The van der Waals surface area contributed by atoms with E-state index in [2.05, 4.69) is 26.2 Å². The highest BCUT2D eigenvalue weighted by Gasteiger charge is 2.11. The van der Waals surface area contributed by atoms with Crippen molar-refractivity contribution < 1.29 is 4.79 Å². The molecule has 1 N–H and O–H groups in total. The van der Waals surface area contributed by atoms with Gasteiger partial charge in [-0.25, -0.2) is 4.98 Å². The zero-order chi connectivity index (χ0) is 14.7. The molecule has 20 heavy (non-hydrogen) atoms. The van der Waals surface area contributed by atoms with Crippen LogP contribution < -0.4 is 5.32 Å². The Bertz CT molecular complexity index is 658. The minimum atomic E-state index is -0.200. The number of carbonyl (C=O) groups is 1. The Morgan fingerprint density at radius 2 is 2.10 bits per heavy atom. The zero-order valence-electron chi connectivity index (χ0n) is 11.2. The third-order valence-electron chi connectivity index (χ3n) is 2.84. The maximum atomic E-state index is 12.3. The lowest BCUT2D eigenvalue weighted by Gasteiger charge is -2.09. The molecule has 0 atom stereocenters. The number of hydrogen-bond acceptors (Lipinski definition) is 2. The summed E-state index contributed by atoms with van der Waals surface area (Å²) in [5, 5.41) is 3.19. The molecule has 104 valence electrons. The first-order valence-electron chi connectivity index (χ1n) is 6.23. The van der Waals surface area contributed by atoms with Crippen molar-refractivity contribution in [3.05, 3.63) is 56.8 Å². The number of aryl methyl sites for hydroxylation is 2. The van der Waals surface area contributed by atoms with Crippen molar-refractivity contribution in [1.82, 2.24) is 4.98 Å². The average molecular weight is 354 g/mol. The predicted octanol–water partition coefficient (Wildman–Crippen LogP) is 4.62. The van der Waals surface area contributed by atoms with Crippen LogP contribution in [0.25, 0.3) is 0 Å². The zero-order valence-corrected chi connectivity index (χ0v) is 13.5. The lowest BCUT2D eigenvalue weighted by Crippen LogP contribution is -2.13. The molecule has 2 rings (SSSR count). The molecule has 0 aliphatic rings. The normalized spacial score (nSPS) is 10.4. The molecular weight excluding hydrogens is 340 g/mol. The van der Waals surface area contributed by atoms with Crippen LogP contribution in [0.1, 0.15) is 28.5 Å². The number of nitrogens with one attached hydrogen (secondary N) is 1. The lowest BCUT2D eigenvalue weighted by atomic mass is 10.1. The van der Waals surface area contributed by atoms with Crippen molar-refractivity contribution in [2.45, 2.75) is 20.3 Å². The van der Waals surface area contributed by atoms with E-state index in [0.717, 1.165) is 27.8 Å². The van der Waals surface area contributed by atoms with Crippen LogP contribution in [0.15, 0.2) is 34.8 Å². The highest BCUT2D eigenvalue weighted by atomic mass is 79.9. The highest BCUT2D eigenvalue weighted by Crippen LogP contribution is 2.24. The van der Waals surface area contributed by atoms with Gasteiger partial charge in [-0.1, -0.05) is 24.6 Å². The fraction of sp³-hybridized carbons (Fsp3) is 0.200. The molecule has 0 aliphatic carbocycles. The summed E-state index contributed by atoms with van der Waals surface area (Å²) in [5.41, 5.74) is 3.15. The lowest BCUT2D eigenvalue weighted by molar-refractivity contribution is 0.102. The number of amides is 1. The first kappa shape index (κ1) is 15.0. The van der Waals surface area contributed by atoms with Gasteiger partial charge in [0.25, 0.3) is 5.91 Å². The molecule has 3 nitrogen and oxygen atoms in total. The Kier molecular flexibility index (Phi) is 4.78. The maximum Gasteiger partial charge on any atom is 0.255 e. The number of pyridine rings is 1. The monoisotopic (exact) mass is 352 g/mol. The van der Waals surface area contributed by atoms with E-state index in [4.69, 9.17) is 11.6 Å². The molecule has 0 saturated carbocycles. The number of hydrogen-bond donors (Lipinski definition) is 1. The van der Waals surface area contributed by atoms with E-state index < -0.39 is 0 Å². The minimum absolute atomic E-state index is 0.200. The van der Waals surface area contributed by atoms with Gasteiger partial charge >= 0.3 is 0 Å². The number of halogens is 2. The average Bonchev–Trinajstić information content (AvgIpc) is 2.41. The van der Waals surface area contributed by atoms with E-state index in [1.807, 2.05) is 32.0 Å². The van der Waals surface area contributed by atoms with Gasteiger partial charge in [-0.2, -0.15) is 0 Å². The van der Waals surface area contributed by atoms with Crippen LogP contribution in [-0.2, 0) is 6.42 Å². The van der Waals surface area contributed by atoms with Gasteiger partial charge in [-0.3, -0.25) is 4.79 Å². The van der Waals surface area contributed by atoms with E-state index in [-0.39, 0.29) is 5.91 Å². The summed E-state index contributed by atoms with van der Waals surface area (Å²) in [4.78, 5) is 16.4. The number of nitrogens with zero attached hydrogens (tertiary/aromatic N) is 1. The van der Waals surface area contributed by atoms with Crippen LogP contribution in [0.3, 0.4) is 0 Å². The molecule has 2 aromatic rings. The predicted molar refractivity (Wildman–Crippen MR) is 85.5 cm³/mol. The van der Waals surface area contributed by atoms with E-state index in [0.29, 0.717) is 10.7 Å². The summed E-state index contributed by atoms with van der Waals surface area (Å²) in [6, 6.07) is 9.08. The number of rotatable bonds is 3. The van der Waals surface area contributed by atoms with Crippen LogP contribution in [0.2, 0.25) is 5.15 Å². The molecule has 0 spiro atoms. The third kappa shape index (κ3) is 3.58. The van der Waals surface area contributed by atoms with Gasteiger partial charge in [-0.05, 0) is 59.1 Å². The second kappa shape index (κ2) is 6.37. The van der Waals surface area contributed by atoms with Crippen LogP contribution in [0.5, 0.6) is 0 Å². The molecule has 0 saturated heterocycles. The van der Waals surface area contributed by atoms with E-state index >= 15 is 0 Å². The molecule has 0 aliphatic heterocycles. The van der Waals surface area contributed by atoms with Crippen LogP contribution >= 0.6 is 27.5 Å². The molecule has 0 fully saturated rings. The van der Waals surface area contributed by atoms with Gasteiger partial charge in [0.15, 0.2) is 0 Å². The molecule has 0 bridgehead atoms. The van der Waals surface area contributed by atoms with Crippen molar-refractivity contribution in [2.75, 3.05) is 5.32 Å². The highest BCUT2D eigenvalue weighted by molar-refractivity contribution is 9.10. The Morgan fingerprint density at radius 1 is 1.35 bits per heavy atom. The van der Waals surface area contributed by atoms with Gasteiger partial charge < -0.3 is 5.32 Å². The fourth-order valence-corrected chi connectivity index (χ4v) is 2.60. The smallest absolute Gasteiger partial charge is 0.255 e. The van der Waals surface area contributed by atoms with Crippen molar-refractivity contribution in [2.24, 2.45) is 0 Å². The number of carbonyl (C=O) groups excluding carboxylic acids is 1. The van der Waals surface area contributed by atoms with Crippen LogP contribution in [0.4, 0.5) is 5.69 Å². The number of benzene rings is 1. The summed E-state index contributed by atoms with van der Waals surface area (Å²) < 4.78 is 0.849. The van der Waals surface area contributed by atoms with Crippen molar-refractivity contribution in [1.29, 1.82) is 0 Å². The molecule has 1 heterocycles. The first-order chi connectivity index (χ1) is 9.49. The summed E-state index contributed by atoms with van der Waals surface area (Å²) >= 11 is 9.37. The standard InChI is InChI=1S/C15H14BrClN2O/c1-3-11-7-10(8-14(17)18-11)15(20)19-13-5-4-9(2)6-12(13)16/h4-8H,3H2,1-2H3,(H,19,20). The number of anilines is 1. The second-order valence-electron chi connectivity index (χ2n) is 4.46. The topological polar surface area (TPSA) is 42.0 Å². The molecule has 0 radical (unpaired) electrons. The largest absolute Gasteiger partial charge is 0.321 e. The van der Waals surface area contributed by atoms with Gasteiger partial charge in [-0.15, -0.1) is 0 Å². The summed E-state index contributed by atoms with van der Waals surface area (Å²) in [5.74, 6) is -0.200. The van der Waals surface area contributed by atoms with Gasteiger partial charge in [0.2, 0.25) is 0 Å². The minimum Gasteiger partial charge on any atom is -0.321 e. The SMILES string of the molecule is CCc1cc(C(=O)Nc2ccc(C)cc2Br)cc(Cl)n1. The summed E-state index contributed by atoms with van der Waals surface area (Å²) in [6.07, 6.45) is 0.731. The number of aromatic nitrogens is 1.